The zero-order valence-corrected chi connectivity index (χ0v) is 22.5. The second-order valence-electron chi connectivity index (χ2n) is 8.66. The molecule has 0 saturated carbocycles. The number of hydrogen-bond acceptors (Lipinski definition) is 6. The first kappa shape index (κ1) is 27.4. The van der Waals surface area contributed by atoms with E-state index in [-0.39, 0.29) is 28.1 Å². The number of fused-ring (bicyclic) bond motifs is 1. The van der Waals surface area contributed by atoms with Crippen LogP contribution in [0, 0.1) is 0 Å². The molecule has 4 rings (SSSR count). The molecule has 0 aliphatic carbocycles. The number of likely N-dealkylation sites (N-methyl/N-ethyl adjacent to an activating group) is 1. The van der Waals surface area contributed by atoms with E-state index in [0.717, 1.165) is 9.87 Å². The topological polar surface area (TPSA) is 105 Å². The maximum absolute atomic E-state index is 13.4. The number of halogens is 1. The van der Waals surface area contributed by atoms with Gasteiger partial charge in [-0.05, 0) is 42.3 Å². The number of benzene rings is 3. The summed E-state index contributed by atoms with van der Waals surface area (Å²) in [7, 11) is -1.47. The van der Waals surface area contributed by atoms with Gasteiger partial charge in [0.1, 0.15) is 16.4 Å². The summed E-state index contributed by atoms with van der Waals surface area (Å²) in [6.45, 7) is -0.142. The van der Waals surface area contributed by atoms with Crippen molar-refractivity contribution in [3.05, 3.63) is 83.4 Å². The number of rotatable bonds is 9. The van der Waals surface area contributed by atoms with Gasteiger partial charge >= 0.3 is 0 Å². The largest absolute Gasteiger partial charge is 0.495 e. The first-order chi connectivity index (χ1) is 18.2. The van der Waals surface area contributed by atoms with Crippen LogP contribution in [0.1, 0.15) is 5.56 Å². The lowest BCUT2D eigenvalue weighted by molar-refractivity contribution is -0.128. The average molecular weight is 558 g/mol. The fourth-order valence-electron chi connectivity index (χ4n) is 4.08. The van der Waals surface area contributed by atoms with Gasteiger partial charge in [0.2, 0.25) is 15.9 Å². The van der Waals surface area contributed by atoms with Gasteiger partial charge in [-0.1, -0.05) is 54.1 Å². The van der Waals surface area contributed by atoms with Crippen molar-refractivity contribution in [2.45, 2.75) is 17.4 Å². The summed E-state index contributed by atoms with van der Waals surface area (Å²) >= 11 is 6.02. The van der Waals surface area contributed by atoms with Crippen molar-refractivity contribution >= 4 is 39.1 Å². The highest BCUT2D eigenvalue weighted by Gasteiger charge is 2.35. The van der Waals surface area contributed by atoms with Gasteiger partial charge in [-0.15, -0.1) is 0 Å². The standard InChI is InChI=1S/C27H28ClN3O6S/c1-30(38(34,35)25-16-20(28)12-13-23(25)36-2)18-26(32)31-17-24(37-22-11-7-6-10-21(22)31)27(33)29-15-14-19-8-4-3-5-9-19/h3-13,16,24H,14-15,17-18H2,1-2H3,(H,29,33)/t24-/m1/s1. The number of anilines is 1. The van der Waals surface area contributed by atoms with Crippen LogP contribution in [0.15, 0.2) is 77.7 Å². The van der Waals surface area contributed by atoms with Gasteiger partial charge in [0.15, 0.2) is 6.10 Å². The summed E-state index contributed by atoms with van der Waals surface area (Å²) in [5.74, 6) is -0.414. The Kier molecular flexibility index (Phi) is 8.55. The van der Waals surface area contributed by atoms with Crippen LogP contribution in [0.2, 0.25) is 5.02 Å². The molecule has 2 amide bonds. The Labute approximate surface area is 227 Å². The van der Waals surface area contributed by atoms with E-state index < -0.39 is 28.6 Å². The van der Waals surface area contributed by atoms with Crippen LogP contribution >= 0.6 is 11.6 Å². The quantitative estimate of drug-likeness (QED) is 0.433. The molecular weight excluding hydrogens is 530 g/mol. The van der Waals surface area contributed by atoms with E-state index >= 15 is 0 Å². The van der Waals surface area contributed by atoms with Crippen LogP contribution in [-0.2, 0) is 26.0 Å². The molecule has 0 spiro atoms. The van der Waals surface area contributed by atoms with E-state index in [1.165, 1.54) is 37.3 Å². The molecule has 1 N–H and O–H groups in total. The van der Waals surface area contributed by atoms with Crippen molar-refractivity contribution < 1.29 is 27.5 Å². The maximum atomic E-state index is 13.4. The van der Waals surface area contributed by atoms with Crippen molar-refractivity contribution in [3.8, 4) is 11.5 Å². The Hall–Kier alpha value is -3.60. The van der Waals surface area contributed by atoms with Gasteiger partial charge in [-0.2, -0.15) is 4.31 Å². The van der Waals surface area contributed by atoms with Crippen LogP contribution in [0.3, 0.4) is 0 Å². The van der Waals surface area contributed by atoms with Crippen molar-refractivity contribution in [1.82, 2.24) is 9.62 Å². The number of para-hydroxylation sites is 2. The second kappa shape index (κ2) is 11.8. The summed E-state index contributed by atoms with van der Waals surface area (Å²) in [6, 6.07) is 20.8. The van der Waals surface area contributed by atoms with Crippen molar-refractivity contribution in [3.63, 3.8) is 0 Å². The molecule has 0 fully saturated rings. The number of nitrogens with zero attached hydrogens (tertiary/aromatic N) is 2. The third-order valence-corrected chi connectivity index (χ3v) is 8.15. The normalized spacial score (nSPS) is 14.9. The second-order valence-corrected chi connectivity index (χ2v) is 11.1. The summed E-state index contributed by atoms with van der Waals surface area (Å²) in [5.41, 5.74) is 1.54. The molecule has 1 heterocycles. The minimum Gasteiger partial charge on any atom is -0.495 e. The molecule has 0 bridgehead atoms. The molecule has 1 atom stereocenters. The Morgan fingerprint density at radius 1 is 1.11 bits per heavy atom. The highest BCUT2D eigenvalue weighted by atomic mass is 35.5. The monoisotopic (exact) mass is 557 g/mol. The molecule has 1 aliphatic heterocycles. The zero-order valence-electron chi connectivity index (χ0n) is 21.0. The molecular formula is C27H28ClN3O6S. The number of amides is 2. The molecule has 9 nitrogen and oxygen atoms in total. The third-order valence-electron chi connectivity index (χ3n) is 6.09. The smallest absolute Gasteiger partial charge is 0.262 e. The Balaban J connectivity index is 1.48. The molecule has 1 aliphatic rings. The van der Waals surface area contributed by atoms with E-state index in [1.807, 2.05) is 30.3 Å². The molecule has 0 unspecified atom stereocenters. The number of carbonyl (C=O) groups is 2. The minimum absolute atomic E-state index is 0.0681. The zero-order chi connectivity index (χ0) is 27.3. The lowest BCUT2D eigenvalue weighted by Gasteiger charge is -2.35. The predicted molar refractivity (Wildman–Crippen MR) is 144 cm³/mol. The average Bonchev–Trinajstić information content (AvgIpc) is 2.92. The van der Waals surface area contributed by atoms with Gasteiger partial charge < -0.3 is 19.7 Å². The molecule has 0 aromatic heterocycles. The number of sulfonamides is 1. The summed E-state index contributed by atoms with van der Waals surface area (Å²) < 4.78 is 38.5. The molecule has 11 heteroatoms. The van der Waals surface area contributed by atoms with Crippen LogP contribution in [-0.4, -0.2) is 64.4 Å². The van der Waals surface area contributed by atoms with E-state index in [9.17, 15) is 18.0 Å². The molecule has 0 radical (unpaired) electrons. The molecule has 200 valence electrons. The Morgan fingerprint density at radius 2 is 1.82 bits per heavy atom. The summed E-state index contributed by atoms with van der Waals surface area (Å²) in [6.07, 6.45) is -0.312. The molecule has 0 saturated heterocycles. The number of carbonyl (C=O) groups excluding carboxylic acids is 2. The molecule has 3 aromatic rings. The highest BCUT2D eigenvalue weighted by Crippen LogP contribution is 2.34. The van der Waals surface area contributed by atoms with Crippen molar-refractivity contribution in [2.75, 3.05) is 38.7 Å². The predicted octanol–water partition coefficient (Wildman–Crippen LogP) is 3.12. The van der Waals surface area contributed by atoms with Crippen LogP contribution < -0.4 is 19.7 Å². The SMILES string of the molecule is COc1ccc(Cl)cc1S(=O)(=O)N(C)CC(=O)N1C[C@H](C(=O)NCCc2ccccc2)Oc2ccccc21. The minimum atomic E-state index is -4.12. The summed E-state index contributed by atoms with van der Waals surface area (Å²) in [5, 5.41) is 3.08. The Morgan fingerprint density at radius 3 is 2.55 bits per heavy atom. The van der Waals surface area contributed by atoms with Crippen LogP contribution in [0.25, 0.3) is 0 Å². The third kappa shape index (κ3) is 6.09. The highest BCUT2D eigenvalue weighted by molar-refractivity contribution is 7.89. The van der Waals surface area contributed by atoms with Crippen molar-refractivity contribution in [2.24, 2.45) is 0 Å². The first-order valence-electron chi connectivity index (χ1n) is 11.9. The van der Waals surface area contributed by atoms with Gasteiger partial charge in [0, 0.05) is 18.6 Å². The van der Waals surface area contributed by atoms with Crippen molar-refractivity contribution in [1.29, 1.82) is 0 Å². The van der Waals surface area contributed by atoms with E-state index in [4.69, 9.17) is 21.1 Å². The number of ether oxygens (including phenoxy) is 2. The van der Waals surface area contributed by atoms with E-state index in [2.05, 4.69) is 5.32 Å². The van der Waals surface area contributed by atoms with E-state index in [0.29, 0.717) is 24.4 Å². The van der Waals surface area contributed by atoms with Crippen LogP contribution in [0.4, 0.5) is 5.69 Å². The van der Waals surface area contributed by atoms with Gasteiger partial charge in [-0.25, -0.2) is 8.42 Å². The van der Waals surface area contributed by atoms with E-state index in [1.54, 1.807) is 24.3 Å². The Bertz CT molecular complexity index is 1420. The lowest BCUT2D eigenvalue weighted by atomic mass is 10.1. The first-order valence-corrected chi connectivity index (χ1v) is 13.7. The van der Waals surface area contributed by atoms with Crippen LogP contribution in [0.5, 0.6) is 11.5 Å². The van der Waals surface area contributed by atoms with Gasteiger partial charge in [-0.3, -0.25) is 9.59 Å². The summed E-state index contributed by atoms with van der Waals surface area (Å²) in [4.78, 5) is 27.6. The van der Waals surface area contributed by atoms with Gasteiger partial charge in [0.05, 0.1) is 25.9 Å². The number of methoxy groups -OCH3 is 1. The fraction of sp³-hybridized carbons (Fsp3) is 0.259. The van der Waals surface area contributed by atoms with Gasteiger partial charge in [0.25, 0.3) is 5.91 Å². The number of nitrogens with one attached hydrogen (secondary N) is 1. The molecule has 38 heavy (non-hydrogen) atoms. The maximum Gasteiger partial charge on any atom is 0.262 e. The number of hydrogen-bond donors (Lipinski definition) is 1. The molecule has 3 aromatic carbocycles. The lowest BCUT2D eigenvalue weighted by Crippen LogP contribution is -2.52. The fourth-order valence-corrected chi connectivity index (χ4v) is 5.61.